The number of aliphatic hydroxyl groups is 1. The van der Waals surface area contributed by atoms with E-state index in [0.29, 0.717) is 23.0 Å². The molecule has 0 spiro atoms. The molecule has 0 aliphatic heterocycles. The standard InChI is InChI=1S/C16H23FO3/c1-10-4-6-11(7-5-10)16(18)12-8-14(19-2)15(20-3)9-13(12)17/h8-11,16,18H,4-7H2,1-3H3. The van der Waals surface area contributed by atoms with Crippen molar-refractivity contribution in [3.63, 3.8) is 0 Å². The van der Waals surface area contributed by atoms with Gasteiger partial charge in [-0.25, -0.2) is 4.39 Å². The number of methoxy groups -OCH3 is 2. The van der Waals surface area contributed by atoms with E-state index in [0.717, 1.165) is 25.7 Å². The minimum absolute atomic E-state index is 0.124. The lowest BCUT2D eigenvalue weighted by atomic mass is 9.78. The molecule has 1 aromatic carbocycles. The first-order chi connectivity index (χ1) is 9.56. The Morgan fingerprint density at radius 1 is 1.10 bits per heavy atom. The van der Waals surface area contributed by atoms with Crippen LogP contribution in [0.15, 0.2) is 12.1 Å². The van der Waals surface area contributed by atoms with Crippen molar-refractivity contribution in [2.24, 2.45) is 11.8 Å². The van der Waals surface area contributed by atoms with Crippen molar-refractivity contribution in [2.75, 3.05) is 14.2 Å². The number of aliphatic hydroxyl groups excluding tert-OH is 1. The highest BCUT2D eigenvalue weighted by molar-refractivity contribution is 5.44. The Bertz CT molecular complexity index is 453. The van der Waals surface area contributed by atoms with Gasteiger partial charge in [0.2, 0.25) is 0 Å². The van der Waals surface area contributed by atoms with Gasteiger partial charge in [0.15, 0.2) is 11.5 Å². The molecule has 1 N–H and O–H groups in total. The zero-order valence-electron chi connectivity index (χ0n) is 12.4. The molecule has 0 radical (unpaired) electrons. The van der Waals surface area contributed by atoms with Crippen molar-refractivity contribution in [3.05, 3.63) is 23.5 Å². The Morgan fingerprint density at radius 2 is 1.65 bits per heavy atom. The summed E-state index contributed by atoms with van der Waals surface area (Å²) in [6.45, 7) is 2.22. The van der Waals surface area contributed by atoms with Gasteiger partial charge < -0.3 is 14.6 Å². The Balaban J connectivity index is 2.23. The van der Waals surface area contributed by atoms with Crippen LogP contribution >= 0.6 is 0 Å². The second-order valence-electron chi connectivity index (χ2n) is 5.69. The molecular weight excluding hydrogens is 259 g/mol. The van der Waals surface area contributed by atoms with Crippen molar-refractivity contribution in [1.29, 1.82) is 0 Å². The lowest BCUT2D eigenvalue weighted by molar-refractivity contribution is 0.0723. The fourth-order valence-electron chi connectivity index (χ4n) is 2.95. The van der Waals surface area contributed by atoms with Crippen LogP contribution in [0.2, 0.25) is 0 Å². The fraction of sp³-hybridized carbons (Fsp3) is 0.625. The maximum Gasteiger partial charge on any atom is 0.163 e. The molecule has 0 bridgehead atoms. The van der Waals surface area contributed by atoms with Crippen LogP contribution in [0, 0.1) is 17.7 Å². The van der Waals surface area contributed by atoms with Crippen LogP contribution in [0.5, 0.6) is 11.5 Å². The number of rotatable bonds is 4. The summed E-state index contributed by atoms with van der Waals surface area (Å²) in [5.41, 5.74) is 0.308. The van der Waals surface area contributed by atoms with E-state index >= 15 is 0 Å². The summed E-state index contributed by atoms with van der Waals surface area (Å²) in [7, 11) is 2.98. The summed E-state index contributed by atoms with van der Waals surface area (Å²) in [6, 6.07) is 2.83. The highest BCUT2D eigenvalue weighted by atomic mass is 19.1. The molecule has 1 atom stereocenters. The van der Waals surface area contributed by atoms with Crippen LogP contribution in [0.25, 0.3) is 0 Å². The molecular formula is C16H23FO3. The zero-order chi connectivity index (χ0) is 14.7. The summed E-state index contributed by atoms with van der Waals surface area (Å²) in [6.07, 6.45) is 3.29. The molecule has 0 aromatic heterocycles. The highest BCUT2D eigenvalue weighted by Crippen LogP contribution is 2.40. The quantitative estimate of drug-likeness (QED) is 0.915. The van der Waals surface area contributed by atoms with E-state index in [1.54, 1.807) is 6.07 Å². The third-order valence-electron chi connectivity index (χ3n) is 4.33. The van der Waals surface area contributed by atoms with Gasteiger partial charge in [0.05, 0.1) is 20.3 Å². The molecule has 2 rings (SSSR count). The number of hydrogen-bond donors (Lipinski definition) is 1. The molecule has 0 saturated heterocycles. The van der Waals surface area contributed by atoms with Gasteiger partial charge in [-0.1, -0.05) is 19.8 Å². The Hall–Kier alpha value is -1.29. The van der Waals surface area contributed by atoms with Gasteiger partial charge in [-0.2, -0.15) is 0 Å². The molecule has 1 aliphatic rings. The molecule has 1 aliphatic carbocycles. The van der Waals surface area contributed by atoms with E-state index in [4.69, 9.17) is 9.47 Å². The molecule has 4 heteroatoms. The topological polar surface area (TPSA) is 38.7 Å². The van der Waals surface area contributed by atoms with Gasteiger partial charge in [-0.3, -0.25) is 0 Å². The summed E-state index contributed by atoms with van der Waals surface area (Å²) < 4.78 is 24.4. The summed E-state index contributed by atoms with van der Waals surface area (Å²) in [5.74, 6) is 1.19. The molecule has 0 heterocycles. The van der Waals surface area contributed by atoms with Crippen LogP contribution in [-0.2, 0) is 0 Å². The smallest absolute Gasteiger partial charge is 0.163 e. The number of benzene rings is 1. The van der Waals surface area contributed by atoms with E-state index in [1.807, 2.05) is 0 Å². The Kier molecular flexibility index (Phi) is 4.86. The average Bonchev–Trinajstić information content (AvgIpc) is 2.47. The SMILES string of the molecule is COc1cc(F)c(C(O)C2CCC(C)CC2)cc1OC. The van der Waals surface area contributed by atoms with E-state index in [9.17, 15) is 9.50 Å². The Morgan fingerprint density at radius 3 is 2.20 bits per heavy atom. The second-order valence-corrected chi connectivity index (χ2v) is 5.69. The summed E-state index contributed by atoms with van der Waals surface area (Å²) in [5, 5.41) is 10.5. The van der Waals surface area contributed by atoms with Crippen LogP contribution < -0.4 is 9.47 Å². The first-order valence-electron chi connectivity index (χ1n) is 7.16. The average molecular weight is 282 g/mol. The lowest BCUT2D eigenvalue weighted by Crippen LogP contribution is -2.20. The Labute approximate surface area is 119 Å². The third kappa shape index (κ3) is 3.06. The molecule has 20 heavy (non-hydrogen) atoms. The first-order valence-corrected chi connectivity index (χ1v) is 7.16. The minimum Gasteiger partial charge on any atom is -0.493 e. The van der Waals surface area contributed by atoms with E-state index in [-0.39, 0.29) is 5.92 Å². The largest absolute Gasteiger partial charge is 0.493 e. The minimum atomic E-state index is -0.776. The molecule has 112 valence electrons. The van der Waals surface area contributed by atoms with Crippen molar-refractivity contribution in [2.45, 2.75) is 38.7 Å². The second kappa shape index (κ2) is 6.44. The number of halogens is 1. The van der Waals surface area contributed by atoms with Crippen LogP contribution in [0.1, 0.15) is 44.3 Å². The van der Waals surface area contributed by atoms with Gasteiger partial charge in [-0.15, -0.1) is 0 Å². The number of ether oxygens (including phenoxy) is 2. The van der Waals surface area contributed by atoms with Crippen molar-refractivity contribution in [3.8, 4) is 11.5 Å². The molecule has 1 fully saturated rings. The predicted octanol–water partition coefficient (Wildman–Crippen LogP) is 3.70. The maximum absolute atomic E-state index is 14.1. The van der Waals surface area contributed by atoms with Gasteiger partial charge >= 0.3 is 0 Å². The van der Waals surface area contributed by atoms with Crippen LogP contribution in [-0.4, -0.2) is 19.3 Å². The molecule has 0 amide bonds. The maximum atomic E-state index is 14.1. The fourth-order valence-corrected chi connectivity index (χ4v) is 2.95. The molecule has 1 unspecified atom stereocenters. The monoisotopic (exact) mass is 282 g/mol. The molecule has 3 nitrogen and oxygen atoms in total. The normalized spacial score (nSPS) is 24.2. The summed E-state index contributed by atoms with van der Waals surface area (Å²) in [4.78, 5) is 0. The molecule has 1 saturated carbocycles. The van der Waals surface area contributed by atoms with E-state index in [1.165, 1.54) is 20.3 Å². The van der Waals surface area contributed by atoms with Crippen molar-refractivity contribution < 1.29 is 19.0 Å². The molecule has 1 aromatic rings. The summed E-state index contributed by atoms with van der Waals surface area (Å²) >= 11 is 0. The predicted molar refractivity (Wildman–Crippen MR) is 75.6 cm³/mol. The van der Waals surface area contributed by atoms with Crippen LogP contribution in [0.3, 0.4) is 0 Å². The van der Waals surface area contributed by atoms with Gasteiger partial charge in [0, 0.05) is 11.6 Å². The van der Waals surface area contributed by atoms with Gasteiger partial charge in [-0.05, 0) is 30.7 Å². The van der Waals surface area contributed by atoms with Crippen LogP contribution in [0.4, 0.5) is 4.39 Å². The van der Waals surface area contributed by atoms with Gasteiger partial charge in [0.1, 0.15) is 5.82 Å². The first kappa shape index (κ1) is 15.1. The highest BCUT2D eigenvalue weighted by Gasteiger charge is 2.28. The van der Waals surface area contributed by atoms with E-state index in [2.05, 4.69) is 6.92 Å². The van der Waals surface area contributed by atoms with Crippen molar-refractivity contribution >= 4 is 0 Å². The number of hydrogen-bond acceptors (Lipinski definition) is 3. The van der Waals surface area contributed by atoms with Gasteiger partial charge in [0.25, 0.3) is 0 Å². The third-order valence-corrected chi connectivity index (χ3v) is 4.33. The lowest BCUT2D eigenvalue weighted by Gasteiger charge is -2.30. The zero-order valence-corrected chi connectivity index (χ0v) is 12.4. The van der Waals surface area contributed by atoms with E-state index < -0.39 is 11.9 Å². The van der Waals surface area contributed by atoms with Crippen molar-refractivity contribution in [1.82, 2.24) is 0 Å².